The SMILES string of the molecule is CCC(C)N1CCN(Cc2ccc(CN)c(OC)c2)CC1. The predicted molar refractivity (Wildman–Crippen MR) is 87.5 cm³/mol. The molecule has 1 atom stereocenters. The van der Waals surface area contributed by atoms with Gasteiger partial charge in [0.05, 0.1) is 7.11 Å². The quantitative estimate of drug-likeness (QED) is 0.871. The molecule has 1 saturated heterocycles. The van der Waals surface area contributed by atoms with Gasteiger partial charge in [0.15, 0.2) is 0 Å². The van der Waals surface area contributed by atoms with E-state index >= 15 is 0 Å². The molecule has 0 aromatic heterocycles. The van der Waals surface area contributed by atoms with Gasteiger partial charge in [-0.3, -0.25) is 9.80 Å². The summed E-state index contributed by atoms with van der Waals surface area (Å²) >= 11 is 0. The number of hydrogen-bond donors (Lipinski definition) is 1. The molecule has 0 radical (unpaired) electrons. The average molecular weight is 291 g/mol. The average Bonchev–Trinajstić information content (AvgIpc) is 2.54. The van der Waals surface area contributed by atoms with E-state index in [1.54, 1.807) is 7.11 Å². The fourth-order valence-electron chi connectivity index (χ4n) is 2.93. The van der Waals surface area contributed by atoms with Gasteiger partial charge in [-0.2, -0.15) is 0 Å². The molecule has 21 heavy (non-hydrogen) atoms. The lowest BCUT2D eigenvalue weighted by molar-refractivity contribution is 0.0963. The van der Waals surface area contributed by atoms with E-state index in [2.05, 4.69) is 41.8 Å². The van der Waals surface area contributed by atoms with Crippen LogP contribution in [0.3, 0.4) is 0 Å². The van der Waals surface area contributed by atoms with Crippen LogP contribution in [-0.2, 0) is 13.1 Å². The lowest BCUT2D eigenvalue weighted by atomic mass is 10.1. The molecule has 0 bridgehead atoms. The summed E-state index contributed by atoms with van der Waals surface area (Å²) < 4.78 is 5.42. The molecule has 0 spiro atoms. The Bertz CT molecular complexity index is 442. The zero-order valence-electron chi connectivity index (χ0n) is 13.6. The number of nitrogens with two attached hydrogens (primary N) is 1. The maximum atomic E-state index is 5.72. The maximum Gasteiger partial charge on any atom is 0.123 e. The van der Waals surface area contributed by atoms with Crippen LogP contribution in [0.15, 0.2) is 18.2 Å². The Labute approximate surface area is 128 Å². The standard InChI is InChI=1S/C17H29N3O/c1-4-14(2)20-9-7-19(8-10-20)13-15-5-6-16(12-18)17(11-15)21-3/h5-6,11,14H,4,7-10,12-13,18H2,1-3H3. The highest BCUT2D eigenvalue weighted by atomic mass is 16.5. The van der Waals surface area contributed by atoms with E-state index in [0.29, 0.717) is 12.6 Å². The molecule has 4 heteroatoms. The van der Waals surface area contributed by atoms with Gasteiger partial charge < -0.3 is 10.5 Å². The minimum Gasteiger partial charge on any atom is -0.496 e. The van der Waals surface area contributed by atoms with Gasteiger partial charge in [-0.1, -0.05) is 19.1 Å². The second-order valence-corrected chi connectivity index (χ2v) is 5.92. The molecule has 1 aromatic rings. The Hall–Kier alpha value is -1.10. The zero-order chi connectivity index (χ0) is 15.2. The monoisotopic (exact) mass is 291 g/mol. The second kappa shape index (κ2) is 7.78. The van der Waals surface area contributed by atoms with Crippen molar-refractivity contribution in [2.24, 2.45) is 5.73 Å². The minimum atomic E-state index is 0.525. The van der Waals surface area contributed by atoms with Crippen molar-refractivity contribution in [3.05, 3.63) is 29.3 Å². The summed E-state index contributed by atoms with van der Waals surface area (Å²) in [6.07, 6.45) is 1.23. The van der Waals surface area contributed by atoms with Crippen molar-refractivity contribution in [2.45, 2.75) is 39.4 Å². The van der Waals surface area contributed by atoms with Crippen molar-refractivity contribution in [1.82, 2.24) is 9.80 Å². The van der Waals surface area contributed by atoms with Crippen molar-refractivity contribution < 1.29 is 4.74 Å². The molecule has 4 nitrogen and oxygen atoms in total. The van der Waals surface area contributed by atoms with Crippen LogP contribution in [0.25, 0.3) is 0 Å². The van der Waals surface area contributed by atoms with Gasteiger partial charge in [-0.25, -0.2) is 0 Å². The highest BCUT2D eigenvalue weighted by molar-refractivity contribution is 5.37. The topological polar surface area (TPSA) is 41.7 Å². The third-order valence-electron chi connectivity index (χ3n) is 4.60. The molecule has 1 aliphatic heterocycles. The lowest BCUT2D eigenvalue weighted by Gasteiger charge is -2.37. The van der Waals surface area contributed by atoms with Crippen LogP contribution >= 0.6 is 0 Å². The largest absolute Gasteiger partial charge is 0.496 e. The third kappa shape index (κ3) is 4.19. The van der Waals surface area contributed by atoms with Crippen molar-refractivity contribution >= 4 is 0 Å². The van der Waals surface area contributed by atoms with Crippen molar-refractivity contribution in [2.75, 3.05) is 33.3 Å². The minimum absolute atomic E-state index is 0.525. The molecule has 0 aliphatic carbocycles. The molecule has 1 heterocycles. The Morgan fingerprint density at radius 2 is 1.95 bits per heavy atom. The molecule has 1 aromatic carbocycles. The smallest absolute Gasteiger partial charge is 0.123 e. The molecule has 118 valence electrons. The number of benzene rings is 1. The van der Waals surface area contributed by atoms with E-state index in [-0.39, 0.29) is 0 Å². The summed E-state index contributed by atoms with van der Waals surface area (Å²) in [6.45, 7) is 10.7. The first-order chi connectivity index (χ1) is 10.2. The highest BCUT2D eigenvalue weighted by Gasteiger charge is 2.20. The van der Waals surface area contributed by atoms with Gasteiger partial charge in [-0.05, 0) is 25.0 Å². The van der Waals surface area contributed by atoms with E-state index in [0.717, 1.165) is 30.9 Å². The van der Waals surface area contributed by atoms with Crippen LogP contribution < -0.4 is 10.5 Å². The van der Waals surface area contributed by atoms with Crippen LogP contribution in [0.5, 0.6) is 5.75 Å². The first-order valence-corrected chi connectivity index (χ1v) is 8.00. The van der Waals surface area contributed by atoms with E-state index in [9.17, 15) is 0 Å². The summed E-state index contributed by atoms with van der Waals surface area (Å²) in [4.78, 5) is 5.12. The number of rotatable bonds is 6. The van der Waals surface area contributed by atoms with Crippen LogP contribution in [0.2, 0.25) is 0 Å². The summed E-state index contributed by atoms with van der Waals surface area (Å²) in [6, 6.07) is 7.09. The second-order valence-electron chi connectivity index (χ2n) is 5.92. The molecule has 0 saturated carbocycles. The molecule has 1 unspecified atom stereocenters. The number of methoxy groups -OCH3 is 1. The van der Waals surface area contributed by atoms with Gasteiger partial charge in [0, 0.05) is 50.9 Å². The van der Waals surface area contributed by atoms with Crippen LogP contribution in [-0.4, -0.2) is 49.1 Å². The van der Waals surface area contributed by atoms with E-state index in [1.807, 2.05) is 0 Å². The Morgan fingerprint density at radius 1 is 1.24 bits per heavy atom. The summed E-state index contributed by atoms with van der Waals surface area (Å²) in [5.41, 5.74) is 8.10. The molecule has 1 fully saturated rings. The van der Waals surface area contributed by atoms with Gasteiger partial charge in [-0.15, -0.1) is 0 Å². The van der Waals surface area contributed by atoms with Gasteiger partial charge in [0.2, 0.25) is 0 Å². The van der Waals surface area contributed by atoms with Crippen LogP contribution in [0.4, 0.5) is 0 Å². The number of ether oxygens (including phenoxy) is 1. The summed E-state index contributed by atoms with van der Waals surface area (Å²) in [5, 5.41) is 0. The molecule has 2 rings (SSSR count). The van der Waals surface area contributed by atoms with Crippen molar-refractivity contribution in [1.29, 1.82) is 0 Å². The molecular weight excluding hydrogens is 262 g/mol. The Kier molecular flexibility index (Phi) is 6.03. The van der Waals surface area contributed by atoms with Gasteiger partial charge >= 0.3 is 0 Å². The van der Waals surface area contributed by atoms with E-state index < -0.39 is 0 Å². The van der Waals surface area contributed by atoms with E-state index in [4.69, 9.17) is 10.5 Å². The molecule has 0 amide bonds. The van der Waals surface area contributed by atoms with Crippen LogP contribution in [0, 0.1) is 0 Å². The summed E-state index contributed by atoms with van der Waals surface area (Å²) in [7, 11) is 1.71. The fourth-order valence-corrected chi connectivity index (χ4v) is 2.93. The normalized spacial score (nSPS) is 18.7. The first-order valence-electron chi connectivity index (χ1n) is 8.00. The summed E-state index contributed by atoms with van der Waals surface area (Å²) in [5.74, 6) is 0.910. The number of piperazine rings is 1. The van der Waals surface area contributed by atoms with Crippen LogP contribution in [0.1, 0.15) is 31.4 Å². The van der Waals surface area contributed by atoms with Crippen molar-refractivity contribution in [3.63, 3.8) is 0 Å². The van der Waals surface area contributed by atoms with Crippen molar-refractivity contribution in [3.8, 4) is 5.75 Å². The predicted octanol–water partition coefficient (Wildman–Crippen LogP) is 2.07. The molecular formula is C17H29N3O. The van der Waals surface area contributed by atoms with Gasteiger partial charge in [0.25, 0.3) is 0 Å². The molecule has 1 aliphatic rings. The number of nitrogens with zero attached hydrogens (tertiary/aromatic N) is 2. The first kappa shape index (κ1) is 16.3. The zero-order valence-corrected chi connectivity index (χ0v) is 13.6. The Morgan fingerprint density at radius 3 is 2.52 bits per heavy atom. The van der Waals surface area contributed by atoms with Gasteiger partial charge in [0.1, 0.15) is 5.75 Å². The number of hydrogen-bond acceptors (Lipinski definition) is 4. The lowest BCUT2D eigenvalue weighted by Crippen LogP contribution is -2.48. The molecule has 2 N–H and O–H groups in total. The Balaban J connectivity index is 1.91. The van der Waals surface area contributed by atoms with E-state index in [1.165, 1.54) is 25.1 Å². The fraction of sp³-hybridized carbons (Fsp3) is 0.647. The third-order valence-corrected chi connectivity index (χ3v) is 4.60. The maximum absolute atomic E-state index is 5.72. The highest BCUT2D eigenvalue weighted by Crippen LogP contribution is 2.21.